The van der Waals surface area contributed by atoms with Crippen LogP contribution in [0.3, 0.4) is 0 Å². The number of carbonyl (C=O) groups is 2. The number of rotatable bonds is 6. The molecule has 2 amide bonds. The van der Waals surface area contributed by atoms with Gasteiger partial charge in [-0.3, -0.25) is 9.59 Å². The molecule has 3 rings (SSSR count). The van der Waals surface area contributed by atoms with Crippen molar-refractivity contribution >= 4 is 23.4 Å². The monoisotopic (exact) mass is 420 g/mol. The Hall–Kier alpha value is -2.35. The second kappa shape index (κ2) is 9.43. The SMILES string of the molecule is CNC(=O)c1cc(C(=O)N[C@H]2CC[C@H](O)CC2)c([C@@H](OC)c2cccc(Cl)c2)o1. The lowest BCUT2D eigenvalue weighted by Crippen LogP contribution is -2.38. The summed E-state index contributed by atoms with van der Waals surface area (Å²) in [7, 11) is 2.99. The minimum Gasteiger partial charge on any atom is -0.452 e. The van der Waals surface area contributed by atoms with Gasteiger partial charge in [0.25, 0.3) is 11.8 Å². The summed E-state index contributed by atoms with van der Waals surface area (Å²) in [5, 5.41) is 15.7. The van der Waals surface area contributed by atoms with Gasteiger partial charge in [-0.2, -0.15) is 0 Å². The summed E-state index contributed by atoms with van der Waals surface area (Å²) in [6.45, 7) is 0. The summed E-state index contributed by atoms with van der Waals surface area (Å²) in [6, 6.07) is 8.44. The topological polar surface area (TPSA) is 101 Å². The summed E-state index contributed by atoms with van der Waals surface area (Å²) in [6.07, 6.45) is 1.68. The van der Waals surface area contributed by atoms with Crippen LogP contribution < -0.4 is 10.6 Å². The van der Waals surface area contributed by atoms with Crippen LogP contribution in [0.5, 0.6) is 0 Å². The third-order valence-electron chi connectivity index (χ3n) is 5.11. The maximum absolute atomic E-state index is 13.0. The standard InChI is InChI=1S/C21H25ClN2O5/c1-23-21(27)17-11-16(20(26)24-14-6-8-15(25)9-7-14)19(29-17)18(28-2)12-4-3-5-13(22)10-12/h3-5,10-11,14-15,18,25H,6-9H2,1-2H3,(H,23,27)(H,24,26)/t14-,15-,18-/m0/s1. The first-order valence-electron chi connectivity index (χ1n) is 9.56. The molecule has 1 heterocycles. The van der Waals surface area contributed by atoms with E-state index in [1.807, 2.05) is 6.07 Å². The third-order valence-corrected chi connectivity index (χ3v) is 5.35. The van der Waals surface area contributed by atoms with Crippen LogP contribution in [0.15, 0.2) is 34.7 Å². The average molecular weight is 421 g/mol. The number of methoxy groups -OCH3 is 1. The number of carbonyl (C=O) groups excluding carboxylic acids is 2. The lowest BCUT2D eigenvalue weighted by molar-refractivity contribution is 0.0840. The Morgan fingerprint density at radius 3 is 2.55 bits per heavy atom. The molecule has 29 heavy (non-hydrogen) atoms. The van der Waals surface area contributed by atoms with Gasteiger partial charge in [-0.05, 0) is 43.4 Å². The molecule has 0 saturated heterocycles. The molecule has 0 aliphatic heterocycles. The molecule has 8 heteroatoms. The quantitative estimate of drug-likeness (QED) is 0.666. The number of halogens is 1. The Morgan fingerprint density at radius 2 is 1.93 bits per heavy atom. The van der Waals surface area contributed by atoms with Crippen molar-refractivity contribution in [2.75, 3.05) is 14.2 Å². The van der Waals surface area contributed by atoms with Crippen molar-refractivity contribution in [2.45, 2.75) is 43.9 Å². The molecular weight excluding hydrogens is 396 g/mol. The van der Waals surface area contributed by atoms with Crippen LogP contribution in [0.1, 0.15) is 64.0 Å². The molecule has 0 unspecified atom stereocenters. The summed E-state index contributed by atoms with van der Waals surface area (Å²) < 4.78 is 11.4. The first-order chi connectivity index (χ1) is 13.9. The van der Waals surface area contributed by atoms with Gasteiger partial charge in [-0.25, -0.2) is 0 Å². The highest BCUT2D eigenvalue weighted by Crippen LogP contribution is 2.32. The van der Waals surface area contributed by atoms with Crippen molar-refractivity contribution in [3.05, 3.63) is 58.0 Å². The van der Waals surface area contributed by atoms with Gasteiger partial charge in [-0.15, -0.1) is 0 Å². The highest BCUT2D eigenvalue weighted by Gasteiger charge is 2.30. The van der Waals surface area contributed by atoms with Crippen molar-refractivity contribution in [1.82, 2.24) is 10.6 Å². The zero-order chi connectivity index (χ0) is 21.0. The Morgan fingerprint density at radius 1 is 1.21 bits per heavy atom. The van der Waals surface area contributed by atoms with Crippen LogP contribution >= 0.6 is 11.6 Å². The summed E-state index contributed by atoms with van der Waals surface area (Å²) in [5.74, 6) is -0.520. The fraction of sp³-hybridized carbons (Fsp3) is 0.429. The van der Waals surface area contributed by atoms with Crippen LogP contribution in [-0.2, 0) is 4.74 Å². The molecule has 1 aliphatic rings. The average Bonchev–Trinajstić information content (AvgIpc) is 3.15. The number of nitrogens with one attached hydrogen (secondary N) is 2. The molecule has 1 aromatic carbocycles. The van der Waals surface area contributed by atoms with Gasteiger partial charge in [-0.1, -0.05) is 23.7 Å². The van der Waals surface area contributed by atoms with Crippen molar-refractivity contribution in [2.24, 2.45) is 0 Å². The molecule has 1 aliphatic carbocycles. The Bertz CT molecular complexity index is 874. The molecule has 7 nitrogen and oxygen atoms in total. The van der Waals surface area contributed by atoms with E-state index < -0.39 is 12.0 Å². The van der Waals surface area contributed by atoms with Gasteiger partial charge in [0.15, 0.2) is 11.5 Å². The van der Waals surface area contributed by atoms with Crippen LogP contribution in [0, 0.1) is 0 Å². The predicted molar refractivity (Wildman–Crippen MR) is 108 cm³/mol. The number of benzene rings is 1. The maximum Gasteiger partial charge on any atom is 0.286 e. The van der Waals surface area contributed by atoms with Crippen molar-refractivity contribution in [3.8, 4) is 0 Å². The Labute approximate surface area is 174 Å². The minimum atomic E-state index is -0.707. The summed E-state index contributed by atoms with van der Waals surface area (Å²) in [5.41, 5.74) is 0.939. The first-order valence-corrected chi connectivity index (χ1v) is 9.93. The number of hydrogen-bond acceptors (Lipinski definition) is 5. The number of ether oxygens (including phenoxy) is 1. The number of amides is 2. The van der Waals surface area contributed by atoms with E-state index in [1.165, 1.54) is 20.2 Å². The van der Waals surface area contributed by atoms with Crippen LogP contribution in [0.2, 0.25) is 5.02 Å². The number of aliphatic hydroxyl groups is 1. The predicted octanol–water partition coefficient (Wildman–Crippen LogP) is 3.06. The van der Waals surface area contributed by atoms with Gasteiger partial charge in [0, 0.05) is 31.3 Å². The second-order valence-electron chi connectivity index (χ2n) is 7.12. The van der Waals surface area contributed by atoms with Crippen LogP contribution in [0.4, 0.5) is 0 Å². The molecule has 0 spiro atoms. The maximum atomic E-state index is 13.0. The fourth-order valence-corrected chi connectivity index (χ4v) is 3.76. The van der Waals surface area contributed by atoms with Gasteiger partial charge >= 0.3 is 0 Å². The van der Waals surface area contributed by atoms with Crippen LogP contribution in [0.25, 0.3) is 0 Å². The normalized spacial score (nSPS) is 20.1. The Kier molecular flexibility index (Phi) is 6.95. The molecule has 0 bridgehead atoms. The highest BCUT2D eigenvalue weighted by molar-refractivity contribution is 6.30. The zero-order valence-corrected chi connectivity index (χ0v) is 17.2. The van der Waals surface area contributed by atoms with E-state index in [2.05, 4.69) is 10.6 Å². The summed E-state index contributed by atoms with van der Waals surface area (Å²) >= 11 is 6.10. The van der Waals surface area contributed by atoms with E-state index in [1.54, 1.807) is 18.2 Å². The molecule has 2 aromatic rings. The molecule has 0 radical (unpaired) electrons. The van der Waals surface area contributed by atoms with Gasteiger partial charge < -0.3 is 24.9 Å². The molecule has 1 aromatic heterocycles. The third kappa shape index (κ3) is 4.98. The van der Waals surface area contributed by atoms with E-state index in [9.17, 15) is 14.7 Å². The highest BCUT2D eigenvalue weighted by atomic mass is 35.5. The van der Waals surface area contributed by atoms with E-state index in [0.717, 1.165) is 0 Å². The van der Waals surface area contributed by atoms with Crippen molar-refractivity contribution in [1.29, 1.82) is 0 Å². The lowest BCUT2D eigenvalue weighted by atomic mass is 9.93. The molecule has 1 saturated carbocycles. The second-order valence-corrected chi connectivity index (χ2v) is 7.55. The zero-order valence-electron chi connectivity index (χ0n) is 16.4. The molecule has 156 valence electrons. The lowest BCUT2D eigenvalue weighted by Gasteiger charge is -2.26. The number of hydrogen-bond donors (Lipinski definition) is 3. The van der Waals surface area contributed by atoms with E-state index in [0.29, 0.717) is 36.3 Å². The Balaban J connectivity index is 1.93. The van der Waals surface area contributed by atoms with Gasteiger partial charge in [0.2, 0.25) is 0 Å². The molecular formula is C21H25ClN2O5. The van der Waals surface area contributed by atoms with Gasteiger partial charge in [0.1, 0.15) is 6.10 Å². The largest absolute Gasteiger partial charge is 0.452 e. The number of aliphatic hydroxyl groups excluding tert-OH is 1. The summed E-state index contributed by atoms with van der Waals surface area (Å²) in [4.78, 5) is 25.1. The van der Waals surface area contributed by atoms with E-state index in [4.69, 9.17) is 20.8 Å². The smallest absolute Gasteiger partial charge is 0.286 e. The van der Waals surface area contributed by atoms with Crippen molar-refractivity contribution < 1.29 is 23.8 Å². The number of furan rings is 1. The van der Waals surface area contributed by atoms with Gasteiger partial charge in [0.05, 0.1) is 11.7 Å². The fourth-order valence-electron chi connectivity index (χ4n) is 3.56. The van der Waals surface area contributed by atoms with Crippen LogP contribution in [-0.4, -0.2) is 43.2 Å². The minimum absolute atomic E-state index is 0.0239. The molecule has 1 atom stereocenters. The van der Waals surface area contributed by atoms with Crippen molar-refractivity contribution in [3.63, 3.8) is 0 Å². The molecule has 1 fully saturated rings. The molecule has 3 N–H and O–H groups in total. The van der Waals surface area contributed by atoms with E-state index >= 15 is 0 Å². The van der Waals surface area contributed by atoms with E-state index in [-0.39, 0.29) is 35.1 Å². The first kappa shape index (κ1) is 21.4.